The van der Waals surface area contributed by atoms with Crippen LogP contribution in [0.5, 0.6) is 0 Å². The number of rotatable bonds is 5. The first-order valence-corrected chi connectivity index (χ1v) is 6.93. The molecule has 0 bridgehead atoms. The second-order valence-electron chi connectivity index (χ2n) is 4.07. The summed E-state index contributed by atoms with van der Waals surface area (Å²) in [6.45, 7) is 0. The Morgan fingerprint density at radius 3 is 2.70 bits per heavy atom. The van der Waals surface area contributed by atoms with Gasteiger partial charge in [0.05, 0.1) is 4.92 Å². The summed E-state index contributed by atoms with van der Waals surface area (Å²) in [4.78, 5) is 10.9. The van der Waals surface area contributed by atoms with E-state index < -0.39 is 4.92 Å². The Morgan fingerprint density at radius 2 is 2.05 bits per heavy atom. The van der Waals surface area contributed by atoms with Gasteiger partial charge in [-0.1, -0.05) is 12.1 Å². The minimum absolute atomic E-state index is 0.0353. The Hall–Kier alpha value is -2.08. The summed E-state index contributed by atoms with van der Waals surface area (Å²) in [6.07, 6.45) is 0. The molecule has 0 aliphatic heterocycles. The number of hydrogen-bond acceptors (Lipinski definition) is 4. The molecule has 2 aromatic carbocycles. The fourth-order valence-electron chi connectivity index (χ4n) is 1.77. The number of nitro benzene ring substituents is 1. The highest BCUT2D eigenvalue weighted by Crippen LogP contribution is 2.30. The lowest BCUT2D eigenvalue weighted by atomic mass is 10.2. The second kappa shape index (κ2) is 6.38. The van der Waals surface area contributed by atoms with Crippen LogP contribution >= 0.6 is 11.8 Å². The number of nitro groups is 1. The smallest absolute Gasteiger partial charge is 0.269 e. The Kier molecular flexibility index (Phi) is 4.57. The molecule has 4 nitrogen and oxygen atoms in total. The maximum absolute atomic E-state index is 13.5. The average Bonchev–Trinajstić information content (AvgIpc) is 2.46. The molecule has 104 valence electrons. The topological polar surface area (TPSA) is 55.2 Å². The van der Waals surface area contributed by atoms with Gasteiger partial charge in [0.15, 0.2) is 0 Å². The molecule has 0 radical (unpaired) electrons. The summed E-state index contributed by atoms with van der Waals surface area (Å²) in [5.41, 5.74) is 1.61. The van der Waals surface area contributed by atoms with Crippen molar-refractivity contribution in [2.45, 2.75) is 10.6 Å². The molecule has 0 saturated heterocycles. The summed E-state index contributed by atoms with van der Waals surface area (Å²) >= 11 is 1.31. The van der Waals surface area contributed by atoms with Crippen molar-refractivity contribution in [1.82, 2.24) is 0 Å². The molecule has 0 heterocycles. The minimum atomic E-state index is -0.434. The van der Waals surface area contributed by atoms with E-state index in [-0.39, 0.29) is 11.5 Å². The van der Waals surface area contributed by atoms with Crippen LogP contribution in [0.4, 0.5) is 15.8 Å². The van der Waals surface area contributed by atoms with E-state index in [1.54, 1.807) is 31.3 Å². The Labute approximate surface area is 120 Å². The van der Waals surface area contributed by atoms with E-state index in [1.807, 2.05) is 0 Å². The molecule has 0 atom stereocenters. The van der Waals surface area contributed by atoms with Gasteiger partial charge < -0.3 is 5.32 Å². The van der Waals surface area contributed by atoms with E-state index in [9.17, 15) is 14.5 Å². The molecule has 0 saturated carbocycles. The second-order valence-corrected chi connectivity index (χ2v) is 5.08. The van der Waals surface area contributed by atoms with Gasteiger partial charge in [0.1, 0.15) is 5.82 Å². The van der Waals surface area contributed by atoms with Crippen molar-refractivity contribution < 1.29 is 9.31 Å². The van der Waals surface area contributed by atoms with E-state index in [1.165, 1.54) is 30.0 Å². The predicted octanol–water partition coefficient (Wildman–Crippen LogP) is 4.07. The van der Waals surface area contributed by atoms with Crippen LogP contribution < -0.4 is 5.32 Å². The normalized spacial score (nSPS) is 10.3. The van der Waals surface area contributed by atoms with Crippen LogP contribution in [0.1, 0.15) is 5.56 Å². The third-order valence-corrected chi connectivity index (χ3v) is 3.89. The zero-order valence-electron chi connectivity index (χ0n) is 10.8. The van der Waals surface area contributed by atoms with Gasteiger partial charge in [-0.3, -0.25) is 10.1 Å². The lowest BCUT2D eigenvalue weighted by molar-refractivity contribution is -0.384. The van der Waals surface area contributed by atoms with Crippen molar-refractivity contribution in [1.29, 1.82) is 0 Å². The van der Waals surface area contributed by atoms with E-state index in [2.05, 4.69) is 5.32 Å². The largest absolute Gasteiger partial charge is 0.388 e. The number of anilines is 1. The zero-order chi connectivity index (χ0) is 14.5. The van der Waals surface area contributed by atoms with Gasteiger partial charge in [-0.15, -0.1) is 11.8 Å². The summed E-state index contributed by atoms with van der Waals surface area (Å²) in [6, 6.07) is 11.1. The molecule has 0 unspecified atom stereocenters. The maximum atomic E-state index is 13.5. The number of thioether (sulfide) groups is 1. The third kappa shape index (κ3) is 3.27. The molecule has 6 heteroatoms. The van der Waals surface area contributed by atoms with Crippen LogP contribution in [-0.4, -0.2) is 12.0 Å². The summed E-state index contributed by atoms with van der Waals surface area (Å²) < 4.78 is 13.5. The van der Waals surface area contributed by atoms with Crippen LogP contribution in [-0.2, 0) is 5.75 Å². The first-order valence-electron chi connectivity index (χ1n) is 5.94. The van der Waals surface area contributed by atoms with Crippen LogP contribution in [0.3, 0.4) is 0 Å². The Bertz CT molecular complexity index is 634. The van der Waals surface area contributed by atoms with Gasteiger partial charge in [-0.25, -0.2) is 4.39 Å². The molecule has 1 N–H and O–H groups in total. The molecule has 0 aliphatic rings. The average molecular weight is 292 g/mol. The monoisotopic (exact) mass is 292 g/mol. The van der Waals surface area contributed by atoms with Gasteiger partial charge in [0.25, 0.3) is 5.69 Å². The predicted molar refractivity (Wildman–Crippen MR) is 78.6 cm³/mol. The fraction of sp³-hybridized carbons (Fsp3) is 0.143. The lowest BCUT2D eigenvalue weighted by Gasteiger charge is -2.09. The molecule has 2 rings (SSSR count). The lowest BCUT2D eigenvalue weighted by Crippen LogP contribution is -1.97. The van der Waals surface area contributed by atoms with Crippen LogP contribution in [0, 0.1) is 15.9 Å². The van der Waals surface area contributed by atoms with Gasteiger partial charge >= 0.3 is 0 Å². The standard InChI is InChI=1S/C14H13FN2O2S/c1-16-13-7-6-11(17(18)19)8-10(13)9-20-14-5-3-2-4-12(14)15/h2-8,16H,9H2,1H3. The van der Waals surface area contributed by atoms with Crippen molar-refractivity contribution in [3.05, 3.63) is 64.0 Å². The minimum Gasteiger partial charge on any atom is -0.388 e. The summed E-state index contributed by atoms with van der Waals surface area (Å²) in [5.74, 6) is 0.174. The van der Waals surface area contributed by atoms with Crippen LogP contribution in [0.15, 0.2) is 47.4 Å². The van der Waals surface area contributed by atoms with E-state index in [0.717, 1.165) is 11.3 Å². The van der Waals surface area contributed by atoms with Crippen molar-refractivity contribution in [3.8, 4) is 0 Å². The highest BCUT2D eigenvalue weighted by atomic mass is 32.2. The van der Waals surface area contributed by atoms with E-state index >= 15 is 0 Å². The first kappa shape index (κ1) is 14.3. The SMILES string of the molecule is CNc1ccc([N+](=O)[O-])cc1CSc1ccccc1F. The van der Waals surface area contributed by atoms with Crippen LogP contribution in [0.25, 0.3) is 0 Å². The van der Waals surface area contributed by atoms with Crippen molar-refractivity contribution >= 4 is 23.1 Å². The highest BCUT2D eigenvalue weighted by molar-refractivity contribution is 7.98. The van der Waals surface area contributed by atoms with Gasteiger partial charge in [-0.2, -0.15) is 0 Å². The number of nitrogens with zero attached hydrogens (tertiary/aromatic N) is 1. The van der Waals surface area contributed by atoms with Gasteiger partial charge in [0, 0.05) is 35.5 Å². The van der Waals surface area contributed by atoms with Crippen molar-refractivity contribution in [3.63, 3.8) is 0 Å². The molecular formula is C14H13FN2O2S. The van der Waals surface area contributed by atoms with Crippen molar-refractivity contribution in [2.24, 2.45) is 0 Å². The van der Waals surface area contributed by atoms with E-state index in [4.69, 9.17) is 0 Å². The number of nitrogens with one attached hydrogen (secondary N) is 1. The van der Waals surface area contributed by atoms with Crippen LogP contribution in [0.2, 0.25) is 0 Å². The molecule has 0 spiro atoms. The molecular weight excluding hydrogens is 279 g/mol. The molecule has 0 amide bonds. The quantitative estimate of drug-likeness (QED) is 0.513. The van der Waals surface area contributed by atoms with Gasteiger partial charge in [0.2, 0.25) is 0 Å². The molecule has 0 aromatic heterocycles. The third-order valence-electron chi connectivity index (χ3n) is 2.79. The zero-order valence-corrected chi connectivity index (χ0v) is 11.6. The summed E-state index contributed by atoms with van der Waals surface area (Å²) in [7, 11) is 1.75. The molecule has 0 aliphatic carbocycles. The Morgan fingerprint density at radius 1 is 1.30 bits per heavy atom. The molecule has 20 heavy (non-hydrogen) atoms. The Balaban J connectivity index is 2.22. The number of benzene rings is 2. The number of non-ortho nitro benzene ring substituents is 1. The number of hydrogen-bond donors (Lipinski definition) is 1. The first-order chi connectivity index (χ1) is 9.61. The van der Waals surface area contributed by atoms with Crippen molar-refractivity contribution in [2.75, 3.05) is 12.4 Å². The highest BCUT2D eigenvalue weighted by Gasteiger charge is 2.11. The maximum Gasteiger partial charge on any atom is 0.269 e. The summed E-state index contributed by atoms with van der Waals surface area (Å²) in [5, 5.41) is 13.8. The molecule has 0 fully saturated rings. The number of halogens is 1. The van der Waals surface area contributed by atoms with E-state index in [0.29, 0.717) is 10.6 Å². The fourth-order valence-corrected chi connectivity index (χ4v) is 2.70. The molecule has 2 aromatic rings. The van der Waals surface area contributed by atoms with Gasteiger partial charge in [-0.05, 0) is 23.8 Å².